The van der Waals surface area contributed by atoms with E-state index in [-0.39, 0.29) is 0 Å². The molecule has 1 N–H and O–H groups in total. The van der Waals surface area contributed by atoms with E-state index >= 15 is 0 Å². The van der Waals surface area contributed by atoms with Crippen molar-refractivity contribution in [3.63, 3.8) is 0 Å². The molecule has 2 unspecified atom stereocenters. The predicted octanol–water partition coefficient (Wildman–Crippen LogP) is 4.11. The van der Waals surface area contributed by atoms with E-state index in [9.17, 15) is 0 Å². The van der Waals surface area contributed by atoms with Gasteiger partial charge in [-0.3, -0.25) is 0 Å². The molecule has 0 heterocycles. The minimum absolute atomic E-state index is 0.558. The van der Waals surface area contributed by atoms with E-state index < -0.39 is 0 Å². The zero-order chi connectivity index (χ0) is 14.2. The van der Waals surface area contributed by atoms with Crippen LogP contribution in [0.2, 0.25) is 0 Å². The van der Waals surface area contributed by atoms with Crippen LogP contribution in [0.5, 0.6) is 0 Å². The molecule has 2 atom stereocenters. The van der Waals surface area contributed by atoms with Gasteiger partial charge in [0.1, 0.15) is 0 Å². The van der Waals surface area contributed by atoms with Crippen LogP contribution in [-0.4, -0.2) is 20.3 Å². The molecule has 0 amide bonds. The fraction of sp³-hybridized carbons (Fsp3) is 0.667. The molecule has 0 spiro atoms. The number of hydrogen-bond donors (Lipinski definition) is 1. The Morgan fingerprint density at radius 1 is 1.25 bits per heavy atom. The Balaban J connectivity index is 2.00. The molecule has 0 saturated heterocycles. The van der Waals surface area contributed by atoms with Crippen molar-refractivity contribution >= 4 is 0 Å². The fourth-order valence-corrected chi connectivity index (χ4v) is 3.37. The average molecular weight is 275 g/mol. The maximum atomic E-state index is 5.16. The number of ether oxygens (including phenoxy) is 1. The second kappa shape index (κ2) is 8.43. The van der Waals surface area contributed by atoms with E-state index in [2.05, 4.69) is 36.5 Å². The molecule has 0 bridgehead atoms. The van der Waals surface area contributed by atoms with Crippen LogP contribution in [0.3, 0.4) is 0 Å². The van der Waals surface area contributed by atoms with E-state index in [1.807, 2.05) is 0 Å². The number of hydrogen-bond acceptors (Lipinski definition) is 2. The second-order valence-electron chi connectivity index (χ2n) is 5.92. The minimum atomic E-state index is 0.558. The predicted molar refractivity (Wildman–Crippen MR) is 85.0 cm³/mol. The van der Waals surface area contributed by atoms with Gasteiger partial charge in [-0.15, -0.1) is 0 Å². The van der Waals surface area contributed by atoms with Crippen molar-refractivity contribution in [1.82, 2.24) is 5.32 Å². The van der Waals surface area contributed by atoms with Crippen molar-refractivity contribution in [2.75, 3.05) is 20.3 Å². The van der Waals surface area contributed by atoms with Gasteiger partial charge in [-0.1, -0.05) is 37.6 Å². The first-order valence-electron chi connectivity index (χ1n) is 8.17. The maximum absolute atomic E-state index is 5.16. The van der Waals surface area contributed by atoms with E-state index in [1.54, 1.807) is 18.2 Å². The Labute approximate surface area is 123 Å². The zero-order valence-electron chi connectivity index (χ0n) is 13.0. The van der Waals surface area contributed by atoms with Gasteiger partial charge >= 0.3 is 0 Å². The maximum Gasteiger partial charge on any atom is 0.0462 e. The summed E-state index contributed by atoms with van der Waals surface area (Å²) in [6.45, 7) is 4.26. The SMILES string of the molecule is CCCNC1c2ccccc2CCC1CCCCOC. The quantitative estimate of drug-likeness (QED) is 0.721. The molecule has 0 saturated carbocycles. The summed E-state index contributed by atoms with van der Waals surface area (Å²) in [5.74, 6) is 0.785. The molecule has 0 aliphatic heterocycles. The first kappa shape index (κ1) is 15.5. The Morgan fingerprint density at radius 2 is 2.10 bits per heavy atom. The average Bonchev–Trinajstić information content (AvgIpc) is 2.50. The van der Waals surface area contributed by atoms with Crippen LogP contribution >= 0.6 is 0 Å². The van der Waals surface area contributed by atoms with Gasteiger partial charge in [0.05, 0.1) is 0 Å². The van der Waals surface area contributed by atoms with Gasteiger partial charge < -0.3 is 10.1 Å². The number of benzene rings is 1. The second-order valence-corrected chi connectivity index (χ2v) is 5.92. The van der Waals surface area contributed by atoms with Crippen LogP contribution in [0.25, 0.3) is 0 Å². The molecule has 2 heteroatoms. The van der Waals surface area contributed by atoms with Crippen molar-refractivity contribution in [3.05, 3.63) is 35.4 Å². The van der Waals surface area contributed by atoms with Crippen LogP contribution in [0.1, 0.15) is 56.2 Å². The van der Waals surface area contributed by atoms with E-state index in [0.717, 1.165) is 19.1 Å². The number of unbranched alkanes of at least 4 members (excludes halogenated alkanes) is 1. The largest absolute Gasteiger partial charge is 0.385 e. The van der Waals surface area contributed by atoms with Crippen molar-refractivity contribution < 1.29 is 4.74 Å². The van der Waals surface area contributed by atoms with Gasteiger partial charge in [0, 0.05) is 19.8 Å². The summed E-state index contributed by atoms with van der Waals surface area (Å²) in [6, 6.07) is 9.55. The van der Waals surface area contributed by atoms with Gasteiger partial charge in [-0.05, 0) is 55.7 Å². The number of rotatable bonds is 8. The molecule has 0 aromatic heterocycles. The Hall–Kier alpha value is -0.860. The van der Waals surface area contributed by atoms with Crippen LogP contribution in [0.15, 0.2) is 24.3 Å². The summed E-state index contributed by atoms with van der Waals surface area (Å²) < 4.78 is 5.16. The first-order valence-corrected chi connectivity index (χ1v) is 8.17. The van der Waals surface area contributed by atoms with E-state index in [0.29, 0.717) is 6.04 Å². The lowest BCUT2D eigenvalue weighted by Gasteiger charge is -2.34. The molecule has 1 aliphatic rings. The van der Waals surface area contributed by atoms with Crippen LogP contribution in [0, 0.1) is 5.92 Å². The normalized spacial score (nSPS) is 21.7. The molecule has 20 heavy (non-hydrogen) atoms. The summed E-state index contributed by atoms with van der Waals surface area (Å²) >= 11 is 0. The zero-order valence-corrected chi connectivity index (χ0v) is 13.0. The van der Waals surface area contributed by atoms with Gasteiger partial charge in [-0.25, -0.2) is 0 Å². The molecule has 112 valence electrons. The number of fused-ring (bicyclic) bond motifs is 1. The highest BCUT2D eigenvalue weighted by Crippen LogP contribution is 2.37. The van der Waals surface area contributed by atoms with Crippen molar-refractivity contribution in [3.8, 4) is 0 Å². The van der Waals surface area contributed by atoms with Crippen molar-refractivity contribution in [2.24, 2.45) is 5.92 Å². The van der Waals surface area contributed by atoms with Gasteiger partial charge in [0.25, 0.3) is 0 Å². The third-order valence-electron chi connectivity index (χ3n) is 4.43. The van der Waals surface area contributed by atoms with Crippen molar-refractivity contribution in [1.29, 1.82) is 0 Å². The summed E-state index contributed by atoms with van der Waals surface area (Å²) in [6.07, 6.45) is 7.56. The van der Waals surface area contributed by atoms with Crippen molar-refractivity contribution in [2.45, 2.75) is 51.5 Å². The molecule has 0 fully saturated rings. The highest BCUT2D eigenvalue weighted by atomic mass is 16.5. The fourth-order valence-electron chi connectivity index (χ4n) is 3.37. The summed E-state index contributed by atoms with van der Waals surface area (Å²) in [5, 5.41) is 3.79. The van der Waals surface area contributed by atoms with Gasteiger partial charge in [-0.2, -0.15) is 0 Å². The third-order valence-corrected chi connectivity index (χ3v) is 4.43. The topological polar surface area (TPSA) is 21.3 Å². The molecule has 2 rings (SSSR count). The lowest BCUT2D eigenvalue weighted by atomic mass is 9.77. The summed E-state index contributed by atoms with van der Waals surface area (Å²) in [5.41, 5.74) is 3.10. The standard InChI is InChI=1S/C18H29NO/c1-3-13-19-18-16(9-6-7-14-20-2)12-11-15-8-4-5-10-17(15)18/h4-5,8,10,16,18-19H,3,6-7,9,11-14H2,1-2H3. The highest BCUT2D eigenvalue weighted by molar-refractivity contribution is 5.33. The lowest BCUT2D eigenvalue weighted by Crippen LogP contribution is -2.33. The molecular weight excluding hydrogens is 246 g/mol. The van der Waals surface area contributed by atoms with E-state index in [4.69, 9.17) is 4.74 Å². The minimum Gasteiger partial charge on any atom is -0.385 e. The smallest absolute Gasteiger partial charge is 0.0462 e. The Bertz CT molecular complexity index is 391. The number of aryl methyl sites for hydroxylation is 1. The van der Waals surface area contributed by atoms with Crippen LogP contribution in [0.4, 0.5) is 0 Å². The lowest BCUT2D eigenvalue weighted by molar-refractivity contribution is 0.187. The molecule has 1 aromatic carbocycles. The Kier molecular flexibility index (Phi) is 6.55. The third kappa shape index (κ3) is 4.07. The van der Waals surface area contributed by atoms with Gasteiger partial charge in [0.15, 0.2) is 0 Å². The molecule has 0 radical (unpaired) electrons. The number of nitrogens with one attached hydrogen (secondary N) is 1. The molecule has 1 aliphatic carbocycles. The van der Waals surface area contributed by atoms with Gasteiger partial charge in [0.2, 0.25) is 0 Å². The molecule has 1 aromatic rings. The van der Waals surface area contributed by atoms with Crippen LogP contribution < -0.4 is 5.32 Å². The highest BCUT2D eigenvalue weighted by Gasteiger charge is 2.28. The monoisotopic (exact) mass is 275 g/mol. The summed E-state index contributed by atoms with van der Waals surface area (Å²) in [4.78, 5) is 0. The molecule has 2 nitrogen and oxygen atoms in total. The van der Waals surface area contributed by atoms with E-state index in [1.165, 1.54) is 38.5 Å². The Morgan fingerprint density at radius 3 is 2.90 bits per heavy atom. The van der Waals surface area contributed by atoms with Crippen LogP contribution in [-0.2, 0) is 11.2 Å². The summed E-state index contributed by atoms with van der Waals surface area (Å²) in [7, 11) is 1.79. The molecular formula is C18H29NO. The number of methoxy groups -OCH3 is 1. The first-order chi connectivity index (χ1) is 9.86.